The Morgan fingerprint density at radius 2 is 2.17 bits per heavy atom. The van der Waals surface area contributed by atoms with Gasteiger partial charge in [-0.25, -0.2) is 4.98 Å². The third-order valence-electron chi connectivity index (χ3n) is 3.53. The second-order valence-electron chi connectivity index (χ2n) is 5.05. The summed E-state index contributed by atoms with van der Waals surface area (Å²) in [6.07, 6.45) is 9.78. The summed E-state index contributed by atoms with van der Waals surface area (Å²) < 4.78 is 5.26. The largest absolute Gasteiger partial charge is 0.342 e. The molecule has 0 atom stereocenters. The normalized spacial score (nSPS) is 18.9. The average Bonchev–Trinajstić information content (AvgIpc) is 2.99. The lowest BCUT2D eigenvalue weighted by molar-refractivity contribution is 0.261. The fourth-order valence-electron chi connectivity index (χ4n) is 2.54. The zero-order chi connectivity index (χ0) is 12.4. The smallest absolute Gasteiger partial charge is 0.238 e. The van der Waals surface area contributed by atoms with Crippen molar-refractivity contribution in [3.63, 3.8) is 0 Å². The highest BCUT2D eigenvalue weighted by molar-refractivity contribution is 5.40. The maximum absolute atomic E-state index is 6.37. The maximum Gasteiger partial charge on any atom is 0.238 e. The molecule has 96 valence electrons. The Morgan fingerprint density at radius 1 is 1.33 bits per heavy atom. The number of H-pyrrole nitrogens is 1. The van der Waals surface area contributed by atoms with E-state index in [0.717, 1.165) is 12.8 Å². The molecular formula is C12H17N5O. The van der Waals surface area contributed by atoms with Crippen LogP contribution in [0.3, 0.4) is 0 Å². The minimum atomic E-state index is -0.175. The van der Waals surface area contributed by atoms with Gasteiger partial charge in [-0.1, -0.05) is 24.4 Å². The van der Waals surface area contributed by atoms with Gasteiger partial charge < -0.3 is 15.2 Å². The SMILES string of the molecule is NC1(Cc2nc(-c3ncc[nH]3)no2)CCCCC1. The van der Waals surface area contributed by atoms with Gasteiger partial charge in [0.15, 0.2) is 5.82 Å². The van der Waals surface area contributed by atoms with Crippen molar-refractivity contribution in [3.8, 4) is 11.6 Å². The molecule has 3 rings (SSSR count). The molecule has 18 heavy (non-hydrogen) atoms. The van der Waals surface area contributed by atoms with Crippen LogP contribution in [0.15, 0.2) is 16.9 Å². The van der Waals surface area contributed by atoms with Crippen LogP contribution in [0.4, 0.5) is 0 Å². The van der Waals surface area contributed by atoms with Crippen molar-refractivity contribution in [2.75, 3.05) is 0 Å². The van der Waals surface area contributed by atoms with Gasteiger partial charge in [0.2, 0.25) is 11.7 Å². The zero-order valence-electron chi connectivity index (χ0n) is 10.2. The summed E-state index contributed by atoms with van der Waals surface area (Å²) in [6.45, 7) is 0. The first-order valence-electron chi connectivity index (χ1n) is 6.36. The molecule has 0 bridgehead atoms. The van der Waals surface area contributed by atoms with Gasteiger partial charge in [-0.2, -0.15) is 4.98 Å². The highest BCUT2D eigenvalue weighted by Gasteiger charge is 2.30. The van der Waals surface area contributed by atoms with Crippen LogP contribution in [0.1, 0.15) is 38.0 Å². The Morgan fingerprint density at radius 3 is 2.89 bits per heavy atom. The van der Waals surface area contributed by atoms with E-state index in [9.17, 15) is 0 Å². The summed E-state index contributed by atoms with van der Waals surface area (Å²) in [6, 6.07) is 0. The fraction of sp³-hybridized carbons (Fsp3) is 0.583. The van der Waals surface area contributed by atoms with E-state index in [-0.39, 0.29) is 5.54 Å². The first-order chi connectivity index (χ1) is 8.75. The molecule has 3 N–H and O–H groups in total. The van der Waals surface area contributed by atoms with E-state index >= 15 is 0 Å². The molecule has 0 amide bonds. The van der Waals surface area contributed by atoms with Crippen LogP contribution in [0.5, 0.6) is 0 Å². The minimum Gasteiger partial charge on any atom is -0.342 e. The van der Waals surface area contributed by atoms with Gasteiger partial charge >= 0.3 is 0 Å². The molecule has 6 heteroatoms. The van der Waals surface area contributed by atoms with Crippen molar-refractivity contribution in [2.24, 2.45) is 5.73 Å². The Hall–Kier alpha value is -1.69. The lowest BCUT2D eigenvalue weighted by atomic mass is 9.80. The minimum absolute atomic E-state index is 0.175. The van der Waals surface area contributed by atoms with Crippen LogP contribution in [0, 0.1) is 0 Å². The first kappa shape index (κ1) is 11.4. The van der Waals surface area contributed by atoms with E-state index in [2.05, 4.69) is 20.1 Å². The number of aromatic amines is 1. The Kier molecular flexibility index (Phi) is 2.87. The summed E-state index contributed by atoms with van der Waals surface area (Å²) in [7, 11) is 0. The number of nitrogens with zero attached hydrogens (tertiary/aromatic N) is 3. The number of aromatic nitrogens is 4. The summed E-state index contributed by atoms with van der Waals surface area (Å²) in [5, 5.41) is 3.92. The molecule has 6 nitrogen and oxygen atoms in total. The standard InChI is InChI=1S/C12H17N5O/c13-12(4-2-1-3-5-12)8-9-16-11(17-18-9)10-14-6-7-15-10/h6-7H,1-5,8,13H2,(H,14,15). The highest BCUT2D eigenvalue weighted by atomic mass is 16.5. The van der Waals surface area contributed by atoms with Crippen LogP contribution >= 0.6 is 0 Å². The van der Waals surface area contributed by atoms with Crippen molar-refractivity contribution in [1.82, 2.24) is 20.1 Å². The molecule has 1 aliphatic rings. The van der Waals surface area contributed by atoms with Crippen molar-refractivity contribution in [3.05, 3.63) is 18.3 Å². The van der Waals surface area contributed by atoms with Gasteiger partial charge in [-0.05, 0) is 12.8 Å². The van der Waals surface area contributed by atoms with E-state index in [4.69, 9.17) is 10.3 Å². The molecule has 0 spiro atoms. The maximum atomic E-state index is 6.37. The predicted octanol–water partition coefficient (Wildman–Crippen LogP) is 1.66. The summed E-state index contributed by atoms with van der Waals surface area (Å²) in [5.41, 5.74) is 6.19. The Labute approximate surface area is 105 Å². The van der Waals surface area contributed by atoms with E-state index in [1.165, 1.54) is 19.3 Å². The van der Waals surface area contributed by atoms with Crippen LogP contribution in [0.2, 0.25) is 0 Å². The van der Waals surface area contributed by atoms with Gasteiger partial charge in [0.05, 0.1) is 0 Å². The molecule has 0 unspecified atom stereocenters. The molecule has 2 aromatic heterocycles. The Bertz CT molecular complexity index is 498. The van der Waals surface area contributed by atoms with Crippen molar-refractivity contribution < 1.29 is 4.52 Å². The molecule has 1 aliphatic carbocycles. The highest BCUT2D eigenvalue weighted by Crippen LogP contribution is 2.28. The second-order valence-corrected chi connectivity index (χ2v) is 5.05. The number of nitrogens with one attached hydrogen (secondary N) is 1. The van der Waals surface area contributed by atoms with Gasteiger partial charge in [0.25, 0.3) is 0 Å². The number of hydrogen-bond donors (Lipinski definition) is 2. The van der Waals surface area contributed by atoms with Crippen LogP contribution < -0.4 is 5.73 Å². The molecule has 0 aliphatic heterocycles. The third kappa shape index (κ3) is 2.28. The van der Waals surface area contributed by atoms with Crippen molar-refractivity contribution in [2.45, 2.75) is 44.1 Å². The molecule has 2 aromatic rings. The van der Waals surface area contributed by atoms with Gasteiger partial charge in [-0.15, -0.1) is 0 Å². The summed E-state index contributed by atoms with van der Waals surface area (Å²) in [4.78, 5) is 11.4. The molecule has 0 aromatic carbocycles. The quantitative estimate of drug-likeness (QED) is 0.860. The zero-order valence-corrected chi connectivity index (χ0v) is 10.2. The van der Waals surface area contributed by atoms with Crippen LogP contribution in [-0.4, -0.2) is 25.6 Å². The topological polar surface area (TPSA) is 93.6 Å². The van der Waals surface area contributed by atoms with Crippen LogP contribution in [0.25, 0.3) is 11.6 Å². The molecular weight excluding hydrogens is 230 g/mol. The van der Waals surface area contributed by atoms with Gasteiger partial charge in [0.1, 0.15) is 0 Å². The van der Waals surface area contributed by atoms with Gasteiger partial charge in [0, 0.05) is 24.4 Å². The fourth-order valence-corrected chi connectivity index (χ4v) is 2.54. The summed E-state index contributed by atoms with van der Waals surface area (Å²) >= 11 is 0. The molecule has 0 radical (unpaired) electrons. The lowest BCUT2D eigenvalue weighted by Gasteiger charge is -2.31. The molecule has 1 fully saturated rings. The predicted molar refractivity (Wildman–Crippen MR) is 65.6 cm³/mol. The third-order valence-corrected chi connectivity index (χ3v) is 3.53. The van der Waals surface area contributed by atoms with Crippen molar-refractivity contribution in [1.29, 1.82) is 0 Å². The Balaban J connectivity index is 1.73. The molecule has 0 saturated heterocycles. The number of rotatable bonds is 3. The monoisotopic (exact) mass is 247 g/mol. The van der Waals surface area contributed by atoms with E-state index in [0.29, 0.717) is 24.0 Å². The second kappa shape index (κ2) is 4.53. The molecule has 2 heterocycles. The molecule has 1 saturated carbocycles. The van der Waals surface area contributed by atoms with E-state index in [1.807, 2.05) is 0 Å². The number of imidazole rings is 1. The summed E-state index contributed by atoms with van der Waals surface area (Å²) in [5.74, 6) is 1.72. The number of nitrogens with two attached hydrogens (primary N) is 1. The first-order valence-corrected chi connectivity index (χ1v) is 6.36. The average molecular weight is 247 g/mol. The van der Waals surface area contributed by atoms with E-state index < -0.39 is 0 Å². The lowest BCUT2D eigenvalue weighted by Crippen LogP contribution is -2.43. The van der Waals surface area contributed by atoms with Gasteiger partial charge in [-0.3, -0.25) is 0 Å². The van der Waals surface area contributed by atoms with Crippen LogP contribution in [-0.2, 0) is 6.42 Å². The number of hydrogen-bond acceptors (Lipinski definition) is 5. The van der Waals surface area contributed by atoms with E-state index in [1.54, 1.807) is 12.4 Å². The van der Waals surface area contributed by atoms with Crippen molar-refractivity contribution >= 4 is 0 Å².